The van der Waals surface area contributed by atoms with E-state index < -0.39 is 0 Å². The minimum absolute atomic E-state index is 0.159. The second-order valence-corrected chi connectivity index (χ2v) is 5.41. The van der Waals surface area contributed by atoms with E-state index in [2.05, 4.69) is 36.6 Å². The van der Waals surface area contributed by atoms with Crippen LogP contribution >= 0.6 is 0 Å². The number of hydrogen-bond acceptors (Lipinski definition) is 3. The van der Waals surface area contributed by atoms with Gasteiger partial charge in [0.25, 0.3) is 0 Å². The van der Waals surface area contributed by atoms with Crippen LogP contribution in [0, 0.1) is 0 Å². The number of nitrogens with zero attached hydrogens (tertiary/aromatic N) is 1. The van der Waals surface area contributed by atoms with Crippen molar-refractivity contribution >= 4 is 5.91 Å². The van der Waals surface area contributed by atoms with Gasteiger partial charge in [0.15, 0.2) is 0 Å². The number of carbonyl (C=O) groups excluding carboxylic acids is 1. The normalized spacial score (nSPS) is 19.8. The maximum absolute atomic E-state index is 11.8. The van der Waals surface area contributed by atoms with E-state index >= 15 is 0 Å². The summed E-state index contributed by atoms with van der Waals surface area (Å²) in [7, 11) is 4.21. The lowest BCUT2D eigenvalue weighted by molar-refractivity contribution is -0.122. The smallest absolute Gasteiger partial charge is 0.221 e. The van der Waals surface area contributed by atoms with Gasteiger partial charge < -0.3 is 15.5 Å². The maximum atomic E-state index is 11.8. The second-order valence-electron chi connectivity index (χ2n) is 5.41. The second kappa shape index (κ2) is 6.36. The van der Waals surface area contributed by atoms with E-state index in [-0.39, 0.29) is 17.5 Å². The molecule has 4 nitrogen and oxygen atoms in total. The molecule has 0 aromatic rings. The monoisotopic (exact) mass is 241 g/mol. The Labute approximate surface area is 105 Å². The summed E-state index contributed by atoms with van der Waals surface area (Å²) >= 11 is 0. The average molecular weight is 241 g/mol. The zero-order chi connectivity index (χ0) is 12.9. The summed E-state index contributed by atoms with van der Waals surface area (Å²) < 4.78 is 0. The number of nitrogens with one attached hydrogen (secondary N) is 2. The molecule has 4 heteroatoms. The van der Waals surface area contributed by atoms with Crippen molar-refractivity contribution in [2.45, 2.75) is 51.1 Å². The van der Waals surface area contributed by atoms with E-state index in [4.69, 9.17) is 0 Å². The zero-order valence-corrected chi connectivity index (χ0v) is 11.7. The Kier molecular flexibility index (Phi) is 5.40. The van der Waals surface area contributed by atoms with E-state index in [1.165, 1.54) is 19.3 Å². The fourth-order valence-electron chi connectivity index (χ4n) is 2.40. The van der Waals surface area contributed by atoms with Crippen LogP contribution in [-0.2, 0) is 4.79 Å². The Bertz CT molecular complexity index is 249. The summed E-state index contributed by atoms with van der Waals surface area (Å²) in [5, 5.41) is 6.33. The van der Waals surface area contributed by atoms with Crippen molar-refractivity contribution in [3.05, 3.63) is 0 Å². The molecule has 0 saturated heterocycles. The highest BCUT2D eigenvalue weighted by Crippen LogP contribution is 2.35. The topological polar surface area (TPSA) is 44.4 Å². The van der Waals surface area contributed by atoms with Gasteiger partial charge in [0.2, 0.25) is 5.91 Å². The highest BCUT2D eigenvalue weighted by molar-refractivity contribution is 5.76. The molecule has 0 bridgehead atoms. The number of carbonyl (C=O) groups is 1. The van der Waals surface area contributed by atoms with Gasteiger partial charge in [0.1, 0.15) is 0 Å². The molecule has 1 saturated carbocycles. The highest BCUT2D eigenvalue weighted by atomic mass is 16.1. The molecule has 0 spiro atoms. The first-order valence-electron chi connectivity index (χ1n) is 6.67. The Morgan fingerprint density at radius 2 is 2.06 bits per heavy atom. The van der Waals surface area contributed by atoms with E-state index in [1.54, 1.807) is 0 Å². The predicted molar refractivity (Wildman–Crippen MR) is 71.0 cm³/mol. The Hall–Kier alpha value is -0.610. The molecule has 1 rings (SSSR count). The van der Waals surface area contributed by atoms with Gasteiger partial charge in [-0.3, -0.25) is 4.79 Å². The quantitative estimate of drug-likeness (QED) is 0.698. The molecule has 17 heavy (non-hydrogen) atoms. The van der Waals surface area contributed by atoms with Gasteiger partial charge in [-0.1, -0.05) is 6.92 Å². The van der Waals surface area contributed by atoms with Gasteiger partial charge in [-0.2, -0.15) is 0 Å². The Morgan fingerprint density at radius 3 is 2.47 bits per heavy atom. The van der Waals surface area contributed by atoms with Crippen LogP contribution in [-0.4, -0.2) is 49.6 Å². The van der Waals surface area contributed by atoms with Crippen LogP contribution < -0.4 is 10.6 Å². The van der Waals surface area contributed by atoms with Crippen molar-refractivity contribution in [3.8, 4) is 0 Å². The number of amides is 1. The molecular weight excluding hydrogens is 214 g/mol. The summed E-state index contributed by atoms with van der Waals surface area (Å²) in [4.78, 5) is 14.0. The number of likely N-dealkylation sites (N-methyl/N-ethyl adjacent to an activating group) is 1. The third-order valence-corrected chi connectivity index (χ3v) is 3.89. The van der Waals surface area contributed by atoms with Crippen LogP contribution in [0.4, 0.5) is 0 Å². The third kappa shape index (κ3) is 3.96. The standard InChI is InChI=1S/C13H27N3O/c1-5-14-11(2)9-12(17)15-10-13(16(3)4)7-6-8-13/h11,14H,5-10H2,1-4H3,(H,15,17). The van der Waals surface area contributed by atoms with Crippen molar-refractivity contribution < 1.29 is 4.79 Å². The van der Waals surface area contributed by atoms with Crippen molar-refractivity contribution in [2.75, 3.05) is 27.2 Å². The molecule has 1 fully saturated rings. The van der Waals surface area contributed by atoms with Crippen LogP contribution in [0.2, 0.25) is 0 Å². The Morgan fingerprint density at radius 1 is 1.41 bits per heavy atom. The predicted octanol–water partition coefficient (Wildman–Crippen LogP) is 0.975. The fraction of sp³-hybridized carbons (Fsp3) is 0.923. The van der Waals surface area contributed by atoms with Gasteiger partial charge in [-0.15, -0.1) is 0 Å². The summed E-state index contributed by atoms with van der Waals surface area (Å²) in [5.74, 6) is 0.159. The van der Waals surface area contributed by atoms with Crippen LogP contribution in [0.5, 0.6) is 0 Å². The van der Waals surface area contributed by atoms with Gasteiger partial charge in [-0.05, 0) is 46.8 Å². The molecule has 0 aromatic heterocycles. The maximum Gasteiger partial charge on any atom is 0.221 e. The van der Waals surface area contributed by atoms with Crippen LogP contribution in [0.3, 0.4) is 0 Å². The lowest BCUT2D eigenvalue weighted by Gasteiger charge is -2.47. The summed E-state index contributed by atoms with van der Waals surface area (Å²) in [6.45, 7) is 5.81. The van der Waals surface area contributed by atoms with Crippen LogP contribution in [0.15, 0.2) is 0 Å². The molecule has 1 aliphatic rings. The van der Waals surface area contributed by atoms with E-state index in [0.29, 0.717) is 6.42 Å². The van der Waals surface area contributed by atoms with Gasteiger partial charge in [0.05, 0.1) is 0 Å². The number of hydrogen-bond donors (Lipinski definition) is 2. The molecule has 0 aromatic carbocycles. The lowest BCUT2D eigenvalue weighted by atomic mass is 9.75. The fourth-order valence-corrected chi connectivity index (χ4v) is 2.40. The summed E-state index contributed by atoms with van der Waals surface area (Å²) in [5.41, 5.74) is 0.219. The minimum atomic E-state index is 0.159. The molecule has 1 aliphatic carbocycles. The molecule has 1 amide bonds. The molecular formula is C13H27N3O. The summed E-state index contributed by atoms with van der Waals surface area (Å²) in [6.07, 6.45) is 4.24. The number of rotatable bonds is 7. The van der Waals surface area contributed by atoms with Crippen LogP contribution in [0.25, 0.3) is 0 Å². The molecule has 2 N–H and O–H groups in total. The first-order chi connectivity index (χ1) is 8.00. The van der Waals surface area contributed by atoms with Gasteiger partial charge in [-0.25, -0.2) is 0 Å². The highest BCUT2D eigenvalue weighted by Gasteiger charge is 2.39. The van der Waals surface area contributed by atoms with E-state index in [9.17, 15) is 4.79 Å². The van der Waals surface area contributed by atoms with E-state index in [1.807, 2.05) is 6.92 Å². The van der Waals surface area contributed by atoms with Crippen LogP contribution in [0.1, 0.15) is 39.5 Å². The van der Waals surface area contributed by atoms with Crippen molar-refractivity contribution in [1.82, 2.24) is 15.5 Å². The molecule has 1 unspecified atom stereocenters. The molecule has 1 atom stereocenters. The van der Waals surface area contributed by atoms with Crippen molar-refractivity contribution in [1.29, 1.82) is 0 Å². The molecule has 0 radical (unpaired) electrons. The van der Waals surface area contributed by atoms with E-state index in [0.717, 1.165) is 13.1 Å². The Balaban J connectivity index is 2.27. The van der Waals surface area contributed by atoms with Gasteiger partial charge >= 0.3 is 0 Å². The summed E-state index contributed by atoms with van der Waals surface area (Å²) in [6, 6.07) is 0.261. The van der Waals surface area contributed by atoms with Crippen molar-refractivity contribution in [2.24, 2.45) is 0 Å². The minimum Gasteiger partial charge on any atom is -0.354 e. The zero-order valence-electron chi connectivity index (χ0n) is 11.7. The SMILES string of the molecule is CCNC(C)CC(=O)NCC1(N(C)C)CCC1. The lowest BCUT2D eigenvalue weighted by Crippen LogP contribution is -2.57. The van der Waals surface area contributed by atoms with Gasteiger partial charge in [0, 0.05) is 24.5 Å². The molecule has 0 aliphatic heterocycles. The third-order valence-electron chi connectivity index (χ3n) is 3.89. The molecule has 100 valence electrons. The first kappa shape index (κ1) is 14.5. The first-order valence-corrected chi connectivity index (χ1v) is 6.67. The molecule has 0 heterocycles. The largest absolute Gasteiger partial charge is 0.354 e. The average Bonchev–Trinajstić information content (AvgIpc) is 2.15. The van der Waals surface area contributed by atoms with Crippen molar-refractivity contribution in [3.63, 3.8) is 0 Å².